The second-order valence-electron chi connectivity index (χ2n) is 1.15. The molecule has 0 rings (SSSR count). The first-order chi connectivity index (χ1) is 5.29. The molecule has 0 atom stereocenters. The molecule has 0 aliphatic rings. The van der Waals surface area contributed by atoms with Gasteiger partial charge in [-0.25, -0.2) is 0 Å². The van der Waals surface area contributed by atoms with Crippen LogP contribution in [0.25, 0.3) is 0 Å². The minimum absolute atomic E-state index is 0. The van der Waals surface area contributed by atoms with Gasteiger partial charge in [0.15, 0.2) is 0 Å². The first-order valence-electron chi connectivity index (χ1n) is 2.13. The summed E-state index contributed by atoms with van der Waals surface area (Å²) in [6, 6.07) is 0. The van der Waals surface area contributed by atoms with Crippen molar-refractivity contribution >= 4 is 23.9 Å². The molecule has 0 fully saturated rings. The van der Waals surface area contributed by atoms with Gasteiger partial charge in [-0.1, -0.05) is 0 Å². The van der Waals surface area contributed by atoms with E-state index in [0.717, 1.165) is 0 Å². The maximum Gasteiger partial charge on any atom is 3.00 e. The molecule has 0 aromatic carbocycles. The minimum Gasteiger partial charge on any atom is -0.543 e. The van der Waals surface area contributed by atoms with Crippen molar-refractivity contribution in [1.82, 2.24) is 0 Å². The van der Waals surface area contributed by atoms with E-state index in [9.17, 15) is 0 Å². The number of aliphatic carboxylic acids is 4. The van der Waals surface area contributed by atoms with Crippen LogP contribution in [0.5, 0.6) is 0 Å². The van der Waals surface area contributed by atoms with Gasteiger partial charge in [-0.3, -0.25) is 0 Å². The Morgan fingerprint density at radius 3 is 0.643 bits per heavy atom. The van der Waals surface area contributed by atoms with Gasteiger partial charge in [0.25, 0.3) is 0 Å². The van der Waals surface area contributed by atoms with E-state index in [2.05, 4.69) is 0 Å². The van der Waals surface area contributed by atoms with Crippen LogP contribution in [0.3, 0.4) is 0 Å². The Bertz CT molecular complexity index is 177. The summed E-state index contributed by atoms with van der Waals surface area (Å²) >= 11 is 0. The normalized spacial score (nSPS) is 6.29. The molecule has 0 amide bonds. The molecule has 0 saturated carbocycles. The third kappa shape index (κ3) is 22.5. The first-order valence-corrected chi connectivity index (χ1v) is 2.13. The summed E-state index contributed by atoms with van der Waals surface area (Å²) < 4.78 is 0. The summed E-state index contributed by atoms with van der Waals surface area (Å²) in [6.45, 7) is 0. The van der Waals surface area contributed by atoms with Crippen molar-refractivity contribution in [2.24, 2.45) is 0 Å². The summed E-state index contributed by atoms with van der Waals surface area (Å²) in [5, 5.41) is 35.7. The molecule has 0 aromatic heterocycles. The molecule has 0 bridgehead atoms. The molecular weight excluding hydrogens is 302 g/mol. The Morgan fingerprint density at radius 1 is 0.571 bits per heavy atom. The summed E-state index contributed by atoms with van der Waals surface area (Å²) in [6.07, 6.45) is 0. The Balaban J connectivity index is -0.0000000625. The fraction of sp³-hybridized carbons (Fsp3) is 0. The maximum absolute atomic E-state index is 8.93. The summed E-state index contributed by atoms with van der Waals surface area (Å²) in [5.74, 6) is -8.74. The number of rotatable bonds is 0. The third-order valence-corrected chi connectivity index (χ3v) is 0.333. The van der Waals surface area contributed by atoms with Crippen LogP contribution in [-0.2, 0) is 38.7 Å². The fourth-order valence-electron chi connectivity index (χ4n) is 0. The Labute approximate surface area is 112 Å². The van der Waals surface area contributed by atoms with Crippen molar-refractivity contribution in [3.63, 3.8) is 0 Å². The Morgan fingerprint density at radius 2 is 0.643 bits per heavy atom. The molecular formula is C4NaO8Rh. The zero-order valence-corrected chi connectivity index (χ0v) is 10.2. The van der Waals surface area contributed by atoms with Gasteiger partial charge < -0.3 is 39.6 Å². The number of hydrogen-bond donors (Lipinski definition) is 0. The number of hydrogen-bond acceptors (Lipinski definition) is 8. The molecule has 74 valence electrons. The van der Waals surface area contributed by atoms with E-state index in [4.69, 9.17) is 39.6 Å². The minimum atomic E-state index is -2.19. The van der Waals surface area contributed by atoms with E-state index in [1.54, 1.807) is 0 Å². The smallest absolute Gasteiger partial charge is 0.543 e. The van der Waals surface area contributed by atoms with Crippen LogP contribution in [0, 0.1) is 0 Å². The fourth-order valence-corrected chi connectivity index (χ4v) is 0. The number of carboxylic acids is 4. The molecule has 0 saturated heterocycles. The first kappa shape index (κ1) is 23.4. The van der Waals surface area contributed by atoms with Gasteiger partial charge in [0.1, 0.15) is 0 Å². The molecule has 8 nitrogen and oxygen atoms in total. The van der Waals surface area contributed by atoms with Crippen molar-refractivity contribution in [1.29, 1.82) is 0 Å². The van der Waals surface area contributed by atoms with Crippen LogP contribution >= 0.6 is 0 Å². The van der Waals surface area contributed by atoms with E-state index < -0.39 is 23.9 Å². The van der Waals surface area contributed by atoms with Gasteiger partial charge in [-0.2, -0.15) is 0 Å². The zero-order chi connectivity index (χ0) is 10.3. The Hall–Kier alpha value is -0.497. The van der Waals surface area contributed by atoms with E-state index in [-0.39, 0.29) is 49.0 Å². The molecule has 0 spiro atoms. The molecule has 0 aromatic rings. The van der Waals surface area contributed by atoms with Gasteiger partial charge in [-0.05, 0) is 0 Å². The predicted molar refractivity (Wildman–Crippen MR) is 20.0 cm³/mol. The SMILES string of the molecule is O=C([O-])C(=O)[O-].O=C([O-])C(=O)[O-].[Na+].[Rh+3]. The summed E-state index contributed by atoms with van der Waals surface area (Å²) in [5.41, 5.74) is 0. The second kappa shape index (κ2) is 12.5. The second-order valence-corrected chi connectivity index (χ2v) is 1.15. The van der Waals surface area contributed by atoms with Crippen LogP contribution in [0.2, 0.25) is 0 Å². The number of carbonyl (C=O) groups excluding carboxylic acids is 4. The molecule has 0 unspecified atom stereocenters. The molecule has 0 heterocycles. The van der Waals surface area contributed by atoms with Crippen molar-refractivity contribution in [2.75, 3.05) is 0 Å². The van der Waals surface area contributed by atoms with Gasteiger partial charge in [-0.15, -0.1) is 0 Å². The van der Waals surface area contributed by atoms with Crippen LogP contribution in [0.1, 0.15) is 0 Å². The largest absolute Gasteiger partial charge is 3.00 e. The van der Waals surface area contributed by atoms with Crippen LogP contribution in [0.15, 0.2) is 0 Å². The standard InChI is InChI=1S/2C2H2O4.Na.Rh/c2*3-1(4)2(5)6;;/h2*(H,3,4)(H,5,6);;/q;;+1;+3/p-4. The van der Waals surface area contributed by atoms with Gasteiger partial charge in [0.2, 0.25) is 0 Å². The van der Waals surface area contributed by atoms with E-state index >= 15 is 0 Å². The maximum atomic E-state index is 8.93. The molecule has 0 aliphatic heterocycles. The van der Waals surface area contributed by atoms with Crippen LogP contribution in [0.4, 0.5) is 0 Å². The topological polar surface area (TPSA) is 161 Å². The molecule has 0 N–H and O–H groups in total. The molecule has 14 heavy (non-hydrogen) atoms. The predicted octanol–water partition coefficient (Wildman–Crippen LogP) is -10.0. The van der Waals surface area contributed by atoms with Crippen molar-refractivity contribution in [2.45, 2.75) is 0 Å². The number of carboxylic acid groups (broad SMARTS) is 4. The van der Waals surface area contributed by atoms with E-state index in [0.29, 0.717) is 0 Å². The third-order valence-electron chi connectivity index (χ3n) is 0.333. The van der Waals surface area contributed by atoms with E-state index in [1.165, 1.54) is 0 Å². The summed E-state index contributed by atoms with van der Waals surface area (Å²) in [7, 11) is 0. The van der Waals surface area contributed by atoms with Crippen molar-refractivity contribution in [3.05, 3.63) is 0 Å². The monoisotopic (exact) mass is 302 g/mol. The average Bonchev–Trinajstić information content (AvgIpc) is 1.88. The zero-order valence-electron chi connectivity index (χ0n) is 6.60. The van der Waals surface area contributed by atoms with Crippen molar-refractivity contribution < 1.29 is 88.6 Å². The Kier molecular flexibility index (Phi) is 20.9. The van der Waals surface area contributed by atoms with Crippen LogP contribution in [-0.4, -0.2) is 23.9 Å². The average molecular weight is 302 g/mol. The quantitative estimate of drug-likeness (QED) is 0.315. The van der Waals surface area contributed by atoms with E-state index in [1.807, 2.05) is 0 Å². The van der Waals surface area contributed by atoms with Gasteiger partial charge in [0.05, 0.1) is 23.9 Å². The van der Waals surface area contributed by atoms with Crippen molar-refractivity contribution in [3.8, 4) is 0 Å². The molecule has 10 heteroatoms. The molecule has 0 radical (unpaired) electrons. The van der Waals surface area contributed by atoms with Gasteiger partial charge >= 0.3 is 49.0 Å². The number of carbonyl (C=O) groups is 4. The molecule has 0 aliphatic carbocycles. The van der Waals surface area contributed by atoms with Crippen LogP contribution < -0.4 is 50.0 Å². The van der Waals surface area contributed by atoms with Gasteiger partial charge in [0, 0.05) is 0 Å². The summed E-state index contributed by atoms with van der Waals surface area (Å²) in [4.78, 5) is 35.7.